The van der Waals surface area contributed by atoms with Gasteiger partial charge in [-0.1, -0.05) is 41.9 Å². The maximum absolute atomic E-state index is 6.02. The van der Waals surface area contributed by atoms with Crippen molar-refractivity contribution in [3.63, 3.8) is 0 Å². The van der Waals surface area contributed by atoms with E-state index < -0.39 is 0 Å². The predicted molar refractivity (Wildman–Crippen MR) is 76.3 cm³/mol. The minimum Gasteiger partial charge on any atom is -0.269 e. The van der Waals surface area contributed by atoms with Gasteiger partial charge in [-0.25, -0.2) is 5.06 Å². The Hall–Kier alpha value is -1.51. The first-order valence-electron chi connectivity index (χ1n) is 6.60. The van der Waals surface area contributed by atoms with Crippen molar-refractivity contribution in [2.24, 2.45) is 0 Å². The topological polar surface area (TPSA) is 12.5 Å². The first kappa shape index (κ1) is 11.3. The number of benzene rings is 2. The van der Waals surface area contributed by atoms with Crippen LogP contribution in [0.15, 0.2) is 48.5 Å². The molecule has 2 aliphatic heterocycles. The Bertz CT molecular complexity index is 610. The van der Waals surface area contributed by atoms with Crippen LogP contribution >= 0.6 is 11.6 Å². The summed E-state index contributed by atoms with van der Waals surface area (Å²) >= 11 is 5.97. The van der Waals surface area contributed by atoms with Crippen molar-refractivity contribution in [3.8, 4) is 0 Å². The first-order chi connectivity index (χ1) is 9.31. The van der Waals surface area contributed by atoms with E-state index in [0.717, 1.165) is 17.9 Å². The number of nitrogens with zero attached hydrogens (tertiary/aromatic N) is 1. The van der Waals surface area contributed by atoms with Gasteiger partial charge in [-0.15, -0.1) is 0 Å². The summed E-state index contributed by atoms with van der Waals surface area (Å²) in [5, 5.41) is 2.85. The SMILES string of the molecule is Clc1ccc([C@@H]2C[C@H]3Cc4ccccc4N2O3)cc1. The van der Waals surface area contributed by atoms with Crippen LogP contribution in [0, 0.1) is 0 Å². The number of rotatable bonds is 1. The zero-order valence-corrected chi connectivity index (χ0v) is 11.2. The number of hydrogen-bond acceptors (Lipinski definition) is 2. The highest BCUT2D eigenvalue weighted by Gasteiger charge is 2.39. The highest BCUT2D eigenvalue weighted by molar-refractivity contribution is 6.30. The van der Waals surface area contributed by atoms with Crippen LogP contribution in [-0.2, 0) is 11.3 Å². The number of halogens is 1. The molecule has 0 N–H and O–H groups in total. The standard InChI is InChI=1S/C16H14ClNO/c17-13-7-5-11(6-8-13)16-10-14-9-12-3-1-2-4-15(12)18(16)19-14/h1-8,14,16H,9-10H2/t14-,16+/m1/s1. The van der Waals surface area contributed by atoms with Crippen molar-refractivity contribution >= 4 is 17.3 Å². The lowest BCUT2D eigenvalue weighted by atomic mass is 10.0. The van der Waals surface area contributed by atoms with Gasteiger partial charge in [-0.2, -0.15) is 0 Å². The number of hydrogen-bond donors (Lipinski definition) is 0. The molecule has 0 radical (unpaired) electrons. The number of fused-ring (bicyclic) bond motifs is 4. The molecule has 2 aromatic rings. The molecule has 2 nitrogen and oxygen atoms in total. The molecule has 0 unspecified atom stereocenters. The molecule has 96 valence electrons. The fourth-order valence-electron chi connectivity index (χ4n) is 3.07. The van der Waals surface area contributed by atoms with Gasteiger partial charge in [0.2, 0.25) is 0 Å². The largest absolute Gasteiger partial charge is 0.269 e. The third kappa shape index (κ3) is 1.83. The molecular formula is C16H14ClNO. The van der Waals surface area contributed by atoms with Crippen molar-refractivity contribution in [1.29, 1.82) is 0 Å². The quantitative estimate of drug-likeness (QED) is 0.773. The molecule has 3 heteroatoms. The lowest BCUT2D eigenvalue weighted by Gasteiger charge is -2.30. The Kier molecular flexibility index (Phi) is 2.54. The lowest BCUT2D eigenvalue weighted by Crippen LogP contribution is -2.27. The fraction of sp³-hybridized carbons (Fsp3) is 0.250. The molecule has 2 aromatic carbocycles. The Balaban J connectivity index is 1.75. The van der Waals surface area contributed by atoms with Crippen LogP contribution in [0.2, 0.25) is 5.02 Å². The highest BCUT2D eigenvalue weighted by Crippen LogP contribution is 2.44. The van der Waals surface area contributed by atoms with E-state index in [1.54, 1.807) is 0 Å². The molecule has 1 fully saturated rings. The molecular weight excluding hydrogens is 258 g/mol. The minimum atomic E-state index is 0.297. The van der Waals surface area contributed by atoms with Crippen LogP contribution in [0.25, 0.3) is 0 Å². The first-order valence-corrected chi connectivity index (χ1v) is 6.98. The van der Waals surface area contributed by atoms with Crippen molar-refractivity contribution in [3.05, 3.63) is 64.7 Å². The molecule has 0 saturated carbocycles. The molecule has 2 heterocycles. The predicted octanol–water partition coefficient (Wildman–Crippen LogP) is 4.15. The zero-order chi connectivity index (χ0) is 12.8. The Morgan fingerprint density at radius 2 is 1.84 bits per heavy atom. The average Bonchev–Trinajstić information content (AvgIpc) is 2.78. The van der Waals surface area contributed by atoms with Crippen LogP contribution in [0.3, 0.4) is 0 Å². The van der Waals surface area contributed by atoms with Crippen LogP contribution in [0.5, 0.6) is 0 Å². The van der Waals surface area contributed by atoms with Crippen molar-refractivity contribution in [2.45, 2.75) is 25.0 Å². The van der Waals surface area contributed by atoms with Crippen LogP contribution in [0.4, 0.5) is 5.69 Å². The van der Waals surface area contributed by atoms with E-state index in [4.69, 9.17) is 16.4 Å². The van der Waals surface area contributed by atoms with Gasteiger partial charge < -0.3 is 0 Å². The Morgan fingerprint density at radius 1 is 1.05 bits per heavy atom. The number of anilines is 1. The normalized spacial score (nSPS) is 24.4. The average molecular weight is 272 g/mol. The van der Waals surface area contributed by atoms with Crippen LogP contribution < -0.4 is 5.06 Å². The second kappa shape index (κ2) is 4.26. The van der Waals surface area contributed by atoms with Crippen molar-refractivity contribution in [1.82, 2.24) is 0 Å². The molecule has 0 amide bonds. The third-order valence-electron chi connectivity index (χ3n) is 3.96. The van der Waals surface area contributed by atoms with Gasteiger partial charge in [0.15, 0.2) is 0 Å². The highest BCUT2D eigenvalue weighted by atomic mass is 35.5. The third-order valence-corrected chi connectivity index (χ3v) is 4.22. The van der Waals surface area contributed by atoms with Gasteiger partial charge in [0.1, 0.15) is 0 Å². The number of hydroxylamine groups is 1. The monoisotopic (exact) mass is 271 g/mol. The Labute approximate surface area is 117 Å². The summed E-state index contributed by atoms with van der Waals surface area (Å²) in [7, 11) is 0. The smallest absolute Gasteiger partial charge is 0.0921 e. The van der Waals surface area contributed by atoms with Crippen LogP contribution in [0.1, 0.15) is 23.6 Å². The summed E-state index contributed by atoms with van der Waals surface area (Å²) in [6.07, 6.45) is 2.35. The van der Waals surface area contributed by atoms with Gasteiger partial charge in [0.25, 0.3) is 0 Å². The van der Waals surface area contributed by atoms with E-state index >= 15 is 0 Å². The summed E-state index contributed by atoms with van der Waals surface area (Å²) in [5.41, 5.74) is 3.86. The van der Waals surface area contributed by atoms with E-state index in [2.05, 4.69) is 41.5 Å². The maximum atomic E-state index is 6.02. The summed E-state index contributed by atoms with van der Waals surface area (Å²) < 4.78 is 0. The van der Waals surface area contributed by atoms with E-state index in [9.17, 15) is 0 Å². The lowest BCUT2D eigenvalue weighted by molar-refractivity contribution is 0.0734. The second-order valence-corrected chi connectivity index (χ2v) is 5.63. The molecule has 2 aliphatic rings. The number of para-hydroxylation sites is 1. The van der Waals surface area contributed by atoms with E-state index in [0.29, 0.717) is 12.1 Å². The molecule has 19 heavy (non-hydrogen) atoms. The van der Waals surface area contributed by atoms with Gasteiger partial charge in [-0.3, -0.25) is 4.84 Å². The van der Waals surface area contributed by atoms with Gasteiger partial charge in [0.05, 0.1) is 17.8 Å². The molecule has 4 rings (SSSR count). The molecule has 1 saturated heterocycles. The minimum absolute atomic E-state index is 0.297. The molecule has 0 spiro atoms. The zero-order valence-electron chi connectivity index (χ0n) is 10.4. The van der Waals surface area contributed by atoms with Crippen molar-refractivity contribution < 1.29 is 4.84 Å². The second-order valence-electron chi connectivity index (χ2n) is 5.19. The summed E-state index contributed by atoms with van der Waals surface area (Å²) in [6, 6.07) is 16.9. The molecule has 2 atom stereocenters. The van der Waals surface area contributed by atoms with E-state index in [1.165, 1.54) is 16.8 Å². The van der Waals surface area contributed by atoms with Gasteiger partial charge >= 0.3 is 0 Å². The van der Waals surface area contributed by atoms with Gasteiger partial charge in [0, 0.05) is 17.9 Å². The fourth-order valence-corrected chi connectivity index (χ4v) is 3.19. The summed E-state index contributed by atoms with van der Waals surface area (Å²) in [5.74, 6) is 0. The summed E-state index contributed by atoms with van der Waals surface area (Å²) in [4.78, 5) is 6.02. The van der Waals surface area contributed by atoms with E-state index in [1.807, 2.05) is 12.1 Å². The molecule has 0 aromatic heterocycles. The van der Waals surface area contributed by atoms with E-state index in [-0.39, 0.29) is 0 Å². The molecule has 0 aliphatic carbocycles. The summed E-state index contributed by atoms with van der Waals surface area (Å²) in [6.45, 7) is 0. The maximum Gasteiger partial charge on any atom is 0.0921 e. The van der Waals surface area contributed by atoms with Gasteiger partial charge in [-0.05, 0) is 29.3 Å². The molecule has 2 bridgehead atoms. The van der Waals surface area contributed by atoms with Crippen LogP contribution in [-0.4, -0.2) is 6.10 Å². The van der Waals surface area contributed by atoms with Crippen molar-refractivity contribution in [2.75, 3.05) is 5.06 Å². The Morgan fingerprint density at radius 3 is 2.68 bits per heavy atom.